The van der Waals surface area contributed by atoms with Crippen LogP contribution < -0.4 is 5.32 Å². The molecular weight excluding hydrogens is 418 g/mol. The van der Waals surface area contributed by atoms with Crippen LogP contribution in [0.4, 0.5) is 5.00 Å². The zero-order valence-electron chi connectivity index (χ0n) is 15.7. The van der Waals surface area contributed by atoms with Crippen molar-refractivity contribution in [3.8, 4) is 16.0 Å². The van der Waals surface area contributed by atoms with Gasteiger partial charge < -0.3 is 5.32 Å². The van der Waals surface area contributed by atoms with Crippen molar-refractivity contribution in [2.45, 2.75) is 26.2 Å². The van der Waals surface area contributed by atoms with Crippen molar-refractivity contribution in [3.05, 3.63) is 57.3 Å². The summed E-state index contributed by atoms with van der Waals surface area (Å²) in [5, 5.41) is 14.2. The predicted molar refractivity (Wildman–Crippen MR) is 121 cm³/mol. The van der Waals surface area contributed by atoms with Crippen LogP contribution in [0.1, 0.15) is 39.0 Å². The van der Waals surface area contributed by atoms with Crippen LogP contribution in [-0.4, -0.2) is 10.9 Å². The normalized spacial score (nSPS) is 15.8. The van der Waals surface area contributed by atoms with Crippen LogP contribution in [0.5, 0.6) is 0 Å². The number of benzene rings is 1. The molecule has 4 aromatic rings. The number of aromatic nitrogens is 1. The molecule has 3 heterocycles. The van der Waals surface area contributed by atoms with Crippen molar-refractivity contribution in [1.29, 1.82) is 5.26 Å². The molecule has 3 aromatic heterocycles. The Balaban J connectivity index is 1.40. The number of thiophene rings is 2. The van der Waals surface area contributed by atoms with Gasteiger partial charge in [-0.2, -0.15) is 5.26 Å². The molecule has 0 aliphatic heterocycles. The third-order valence-electron chi connectivity index (χ3n) is 5.19. The first kappa shape index (κ1) is 18.5. The predicted octanol–water partition coefficient (Wildman–Crippen LogP) is 6.34. The van der Waals surface area contributed by atoms with E-state index in [1.54, 1.807) is 22.7 Å². The minimum Gasteiger partial charge on any atom is -0.312 e. The summed E-state index contributed by atoms with van der Waals surface area (Å²) in [7, 11) is 0. The quantitative estimate of drug-likeness (QED) is 0.409. The van der Waals surface area contributed by atoms with Crippen LogP contribution in [0, 0.1) is 17.2 Å². The summed E-state index contributed by atoms with van der Waals surface area (Å²) in [4.78, 5) is 20.4. The first-order valence-electron chi connectivity index (χ1n) is 9.44. The first-order chi connectivity index (χ1) is 14.1. The highest BCUT2D eigenvalue weighted by Gasteiger charge is 2.25. The van der Waals surface area contributed by atoms with Gasteiger partial charge in [0.05, 0.1) is 25.5 Å². The van der Waals surface area contributed by atoms with Crippen LogP contribution in [0.15, 0.2) is 36.4 Å². The number of carbonyl (C=O) groups is 1. The maximum Gasteiger partial charge on any atom is 0.266 e. The molecule has 0 radical (unpaired) electrons. The van der Waals surface area contributed by atoms with Gasteiger partial charge in [0.2, 0.25) is 0 Å². The lowest BCUT2D eigenvalue weighted by Gasteiger charge is -2.17. The Hall–Kier alpha value is -2.53. The SMILES string of the molecule is C[C@@H]1CCc2c(sc(NC(=O)c3ccc(-c4nc5ccccc5s4)s3)c2C#N)C1. The number of carbonyl (C=O) groups excluding carboxylic acids is 1. The Labute approximate surface area is 180 Å². The molecule has 0 saturated carbocycles. The molecule has 144 valence electrons. The molecule has 0 unspecified atom stereocenters. The van der Waals surface area contributed by atoms with Gasteiger partial charge in [-0.1, -0.05) is 19.1 Å². The molecule has 5 rings (SSSR count). The number of para-hydroxylation sites is 1. The van der Waals surface area contributed by atoms with Crippen molar-refractivity contribution in [2.75, 3.05) is 5.32 Å². The highest BCUT2D eigenvalue weighted by Crippen LogP contribution is 2.40. The Morgan fingerprint density at radius 2 is 2.07 bits per heavy atom. The third kappa shape index (κ3) is 3.38. The van der Waals surface area contributed by atoms with Crippen LogP contribution in [0.2, 0.25) is 0 Å². The highest BCUT2D eigenvalue weighted by molar-refractivity contribution is 7.26. The largest absolute Gasteiger partial charge is 0.312 e. The lowest BCUT2D eigenvalue weighted by Crippen LogP contribution is -2.10. The van der Waals surface area contributed by atoms with E-state index in [4.69, 9.17) is 0 Å². The fraction of sp³-hybridized carbons (Fsp3) is 0.227. The van der Waals surface area contributed by atoms with E-state index < -0.39 is 0 Å². The van der Waals surface area contributed by atoms with Gasteiger partial charge in [-0.15, -0.1) is 34.0 Å². The van der Waals surface area contributed by atoms with Gasteiger partial charge in [-0.05, 0) is 55.0 Å². The van der Waals surface area contributed by atoms with Crippen molar-refractivity contribution >= 4 is 55.1 Å². The topological polar surface area (TPSA) is 65.8 Å². The second kappa shape index (κ2) is 7.38. The average Bonchev–Trinajstić information content (AvgIpc) is 3.43. The minimum atomic E-state index is -0.162. The van der Waals surface area contributed by atoms with E-state index in [9.17, 15) is 10.1 Å². The maximum absolute atomic E-state index is 12.9. The number of fused-ring (bicyclic) bond motifs is 2. The number of hydrogen-bond acceptors (Lipinski definition) is 6. The highest BCUT2D eigenvalue weighted by atomic mass is 32.1. The molecule has 1 atom stereocenters. The molecule has 7 heteroatoms. The third-order valence-corrected chi connectivity index (χ3v) is 8.64. The Kier molecular flexibility index (Phi) is 4.70. The first-order valence-corrected chi connectivity index (χ1v) is 11.9. The molecular formula is C22H17N3OS3. The molecule has 1 aliphatic rings. The molecule has 1 amide bonds. The van der Waals surface area contributed by atoms with E-state index in [1.807, 2.05) is 30.3 Å². The van der Waals surface area contributed by atoms with Crippen LogP contribution in [0.3, 0.4) is 0 Å². The molecule has 0 saturated heterocycles. The van der Waals surface area contributed by atoms with Crippen LogP contribution in [0.25, 0.3) is 20.1 Å². The number of thiazole rings is 1. The van der Waals surface area contributed by atoms with Gasteiger partial charge in [0.1, 0.15) is 16.1 Å². The summed E-state index contributed by atoms with van der Waals surface area (Å²) in [5.74, 6) is 0.468. The Morgan fingerprint density at radius 1 is 1.21 bits per heavy atom. The van der Waals surface area contributed by atoms with Crippen molar-refractivity contribution in [3.63, 3.8) is 0 Å². The van der Waals surface area contributed by atoms with Gasteiger partial charge in [-0.25, -0.2) is 4.98 Å². The smallest absolute Gasteiger partial charge is 0.266 e. The molecule has 4 nitrogen and oxygen atoms in total. The molecule has 1 N–H and O–H groups in total. The van der Waals surface area contributed by atoms with Gasteiger partial charge in [0.25, 0.3) is 5.91 Å². The summed E-state index contributed by atoms with van der Waals surface area (Å²) in [6.45, 7) is 2.24. The average molecular weight is 436 g/mol. The number of anilines is 1. The van der Waals surface area contributed by atoms with E-state index in [1.165, 1.54) is 16.2 Å². The van der Waals surface area contributed by atoms with E-state index in [-0.39, 0.29) is 5.91 Å². The Bertz CT molecular complexity index is 1240. The van der Waals surface area contributed by atoms with E-state index >= 15 is 0 Å². The summed E-state index contributed by atoms with van der Waals surface area (Å²) < 4.78 is 1.14. The molecule has 0 spiro atoms. The summed E-state index contributed by atoms with van der Waals surface area (Å²) in [6.07, 6.45) is 3.01. The lowest BCUT2D eigenvalue weighted by molar-refractivity contribution is 0.103. The van der Waals surface area contributed by atoms with Gasteiger partial charge in [-0.3, -0.25) is 4.79 Å². The standard InChI is InChI=1S/C22H17N3OS3/c1-12-6-7-13-14(11-23)21(29-19(13)10-12)25-20(26)17-8-9-18(27-17)22-24-15-4-2-3-5-16(15)28-22/h2-5,8-9,12H,6-7,10H2,1H3,(H,25,26)/t12-/m1/s1. The van der Waals surface area contributed by atoms with Crippen molar-refractivity contribution in [1.82, 2.24) is 4.98 Å². The number of amides is 1. The minimum absolute atomic E-state index is 0.162. The molecule has 1 aromatic carbocycles. The van der Waals surface area contributed by atoms with Crippen molar-refractivity contribution in [2.24, 2.45) is 5.92 Å². The fourth-order valence-electron chi connectivity index (χ4n) is 3.67. The Morgan fingerprint density at radius 3 is 2.90 bits per heavy atom. The van der Waals surface area contributed by atoms with Crippen LogP contribution >= 0.6 is 34.0 Å². The molecule has 0 bridgehead atoms. The lowest BCUT2D eigenvalue weighted by atomic mass is 9.89. The number of rotatable bonds is 3. The second-order valence-electron chi connectivity index (χ2n) is 7.27. The number of nitriles is 1. The molecule has 0 fully saturated rings. The molecule has 1 aliphatic carbocycles. The van der Waals surface area contributed by atoms with E-state index in [0.717, 1.165) is 44.9 Å². The number of nitrogens with zero attached hydrogens (tertiary/aromatic N) is 2. The summed E-state index contributed by atoms with van der Waals surface area (Å²) in [5.41, 5.74) is 2.75. The summed E-state index contributed by atoms with van der Waals surface area (Å²) in [6, 6.07) is 14.1. The fourth-order valence-corrected chi connectivity index (χ4v) is 6.95. The van der Waals surface area contributed by atoms with Gasteiger partial charge >= 0.3 is 0 Å². The number of hydrogen-bond donors (Lipinski definition) is 1. The van der Waals surface area contributed by atoms with E-state index in [0.29, 0.717) is 21.4 Å². The van der Waals surface area contributed by atoms with Crippen LogP contribution in [-0.2, 0) is 12.8 Å². The van der Waals surface area contributed by atoms with Gasteiger partial charge in [0, 0.05) is 4.88 Å². The zero-order chi connectivity index (χ0) is 20.0. The second-order valence-corrected chi connectivity index (χ2v) is 10.5. The monoisotopic (exact) mass is 435 g/mol. The zero-order valence-corrected chi connectivity index (χ0v) is 18.1. The van der Waals surface area contributed by atoms with Crippen molar-refractivity contribution < 1.29 is 4.79 Å². The summed E-state index contributed by atoms with van der Waals surface area (Å²) >= 11 is 4.62. The van der Waals surface area contributed by atoms with E-state index in [2.05, 4.69) is 29.4 Å². The molecule has 29 heavy (non-hydrogen) atoms. The number of nitrogens with one attached hydrogen (secondary N) is 1. The maximum atomic E-state index is 12.9. The van der Waals surface area contributed by atoms with Gasteiger partial charge in [0.15, 0.2) is 0 Å².